The van der Waals surface area contributed by atoms with Gasteiger partial charge in [0.15, 0.2) is 6.10 Å². The molecule has 0 aliphatic heterocycles. The Labute approximate surface area is 463 Å². The van der Waals surface area contributed by atoms with Gasteiger partial charge in [0.2, 0.25) is 0 Å². The number of phosphoric ester groups is 1. The molecular formula is C64H107O11P. The van der Waals surface area contributed by atoms with E-state index in [2.05, 4.69) is 130 Å². The fraction of sp³-hybridized carbons (Fsp3) is 0.672. The maximum atomic E-state index is 12.9. The summed E-state index contributed by atoms with van der Waals surface area (Å²) in [6.07, 6.45) is 68.9. The van der Waals surface area contributed by atoms with Crippen LogP contribution in [0.5, 0.6) is 0 Å². The summed E-state index contributed by atoms with van der Waals surface area (Å²) in [4.78, 5) is 48.6. The Bertz CT molecular complexity index is 1690. The minimum Gasteiger partial charge on any atom is -0.462 e. The fourth-order valence-electron chi connectivity index (χ4n) is 7.69. The van der Waals surface area contributed by atoms with Crippen LogP contribution in [0.15, 0.2) is 109 Å². The number of esters is 3. The molecule has 0 aliphatic rings. The molecule has 0 aromatic rings. The number of phosphoric acid groups is 1. The number of rotatable bonds is 54. The molecule has 0 aliphatic carbocycles. The van der Waals surface area contributed by atoms with Gasteiger partial charge in [0.05, 0.1) is 19.8 Å². The molecule has 76 heavy (non-hydrogen) atoms. The summed E-state index contributed by atoms with van der Waals surface area (Å²) >= 11 is 0. The fourth-order valence-corrected chi connectivity index (χ4v) is 8.47. The van der Waals surface area contributed by atoms with Gasteiger partial charge in [0.1, 0.15) is 12.7 Å². The minimum atomic E-state index is -4.77. The number of hydrogen-bond donors (Lipinski definition) is 2. The molecule has 0 fully saturated rings. The third-order valence-electron chi connectivity index (χ3n) is 12.2. The van der Waals surface area contributed by atoms with Crippen LogP contribution < -0.4 is 0 Å². The van der Waals surface area contributed by atoms with Gasteiger partial charge in [0.25, 0.3) is 0 Å². The third-order valence-corrected chi connectivity index (χ3v) is 13.1. The zero-order valence-corrected chi connectivity index (χ0v) is 48.8. The second kappa shape index (κ2) is 57.3. The number of carbonyl (C=O) groups excluding carboxylic acids is 3. The van der Waals surface area contributed by atoms with Crippen molar-refractivity contribution in [3.63, 3.8) is 0 Å². The van der Waals surface area contributed by atoms with Crippen molar-refractivity contribution in [3.8, 4) is 0 Å². The number of allylic oxidation sites excluding steroid dienone is 18. The van der Waals surface area contributed by atoms with Crippen molar-refractivity contribution in [3.05, 3.63) is 109 Å². The monoisotopic (exact) mass is 1080 g/mol. The normalized spacial score (nSPS) is 14.1. The van der Waals surface area contributed by atoms with Crippen molar-refractivity contribution in [2.75, 3.05) is 26.4 Å². The summed E-state index contributed by atoms with van der Waals surface area (Å²) in [6.45, 7) is 4.34. The van der Waals surface area contributed by atoms with Crippen molar-refractivity contribution >= 4 is 25.7 Å². The third kappa shape index (κ3) is 54.9. The molecular weight excluding hydrogens is 976 g/mol. The Balaban J connectivity index is 4.80. The van der Waals surface area contributed by atoms with E-state index < -0.39 is 57.8 Å². The molecule has 0 amide bonds. The topological polar surface area (TPSA) is 155 Å². The van der Waals surface area contributed by atoms with Crippen molar-refractivity contribution < 1.29 is 52.2 Å². The molecule has 0 aromatic heterocycles. The molecule has 2 N–H and O–H groups in total. The van der Waals surface area contributed by atoms with Gasteiger partial charge in [-0.15, -0.1) is 0 Å². The number of ether oxygens (including phenoxy) is 3. The molecule has 0 saturated carbocycles. The van der Waals surface area contributed by atoms with Gasteiger partial charge in [-0.3, -0.25) is 23.4 Å². The maximum Gasteiger partial charge on any atom is 0.472 e. The Morgan fingerprint density at radius 1 is 0.382 bits per heavy atom. The first-order chi connectivity index (χ1) is 37.2. The second-order valence-electron chi connectivity index (χ2n) is 19.4. The van der Waals surface area contributed by atoms with Crippen molar-refractivity contribution in [1.29, 1.82) is 0 Å². The molecule has 11 nitrogen and oxygen atoms in total. The summed E-state index contributed by atoms with van der Waals surface area (Å²) in [5.41, 5.74) is 0. The number of unbranched alkanes of at least 4 members (excludes halogenated alkanes) is 19. The lowest BCUT2D eigenvalue weighted by Crippen LogP contribution is -2.30. The summed E-state index contributed by atoms with van der Waals surface area (Å²) in [6, 6.07) is 0. The highest BCUT2D eigenvalue weighted by molar-refractivity contribution is 7.47. The van der Waals surface area contributed by atoms with Crippen LogP contribution in [0.3, 0.4) is 0 Å². The molecule has 0 radical (unpaired) electrons. The Kier molecular flexibility index (Phi) is 54.4. The zero-order valence-electron chi connectivity index (χ0n) is 47.9. The van der Waals surface area contributed by atoms with Gasteiger partial charge >= 0.3 is 25.7 Å². The van der Waals surface area contributed by atoms with E-state index in [1.54, 1.807) is 0 Å². The first-order valence-electron chi connectivity index (χ1n) is 29.8. The molecule has 0 aromatic carbocycles. The van der Waals surface area contributed by atoms with E-state index in [1.807, 2.05) is 0 Å². The first-order valence-corrected chi connectivity index (χ1v) is 31.3. The lowest BCUT2D eigenvalue weighted by atomic mass is 10.1. The average Bonchev–Trinajstić information content (AvgIpc) is 3.41. The van der Waals surface area contributed by atoms with Gasteiger partial charge in [-0.1, -0.05) is 207 Å². The first kappa shape index (κ1) is 72.1. The van der Waals surface area contributed by atoms with Crippen LogP contribution in [0.4, 0.5) is 0 Å². The van der Waals surface area contributed by atoms with Crippen molar-refractivity contribution in [1.82, 2.24) is 0 Å². The van der Waals surface area contributed by atoms with Gasteiger partial charge < -0.3 is 24.2 Å². The summed E-state index contributed by atoms with van der Waals surface area (Å²) < 4.78 is 39.5. The van der Waals surface area contributed by atoms with E-state index >= 15 is 0 Å². The highest BCUT2D eigenvalue weighted by Gasteiger charge is 2.28. The van der Waals surface area contributed by atoms with Crippen LogP contribution in [0.2, 0.25) is 0 Å². The quantitative estimate of drug-likeness (QED) is 0.0197. The van der Waals surface area contributed by atoms with E-state index in [-0.39, 0.29) is 25.9 Å². The van der Waals surface area contributed by atoms with Crippen molar-refractivity contribution in [2.45, 2.75) is 251 Å². The van der Waals surface area contributed by atoms with Crippen LogP contribution >= 0.6 is 7.82 Å². The van der Waals surface area contributed by atoms with E-state index in [0.29, 0.717) is 19.3 Å². The van der Waals surface area contributed by atoms with Crippen LogP contribution in [-0.4, -0.2) is 66.5 Å². The van der Waals surface area contributed by atoms with Crippen molar-refractivity contribution in [2.24, 2.45) is 0 Å². The Morgan fingerprint density at radius 2 is 0.684 bits per heavy atom. The number of carbonyl (C=O) groups is 3. The molecule has 12 heteroatoms. The second-order valence-corrected chi connectivity index (χ2v) is 20.8. The molecule has 0 rings (SSSR count). The Hall–Kier alpha value is -3.86. The van der Waals surface area contributed by atoms with E-state index in [9.17, 15) is 28.9 Å². The van der Waals surface area contributed by atoms with Gasteiger partial charge in [-0.25, -0.2) is 4.57 Å². The number of hydrogen-bond acceptors (Lipinski definition) is 10. The molecule has 434 valence electrons. The molecule has 3 atom stereocenters. The molecule has 0 bridgehead atoms. The van der Waals surface area contributed by atoms with Crippen LogP contribution in [0, 0.1) is 0 Å². The molecule has 0 heterocycles. The van der Waals surface area contributed by atoms with E-state index in [1.165, 1.54) is 32.1 Å². The Morgan fingerprint density at radius 3 is 1.05 bits per heavy atom. The highest BCUT2D eigenvalue weighted by atomic mass is 31.2. The molecule has 3 unspecified atom stereocenters. The molecule has 0 spiro atoms. The smallest absolute Gasteiger partial charge is 0.462 e. The number of aliphatic hydroxyl groups excluding tert-OH is 1. The van der Waals surface area contributed by atoms with Gasteiger partial charge in [-0.2, -0.15) is 0 Å². The lowest BCUT2D eigenvalue weighted by Gasteiger charge is -2.21. The van der Waals surface area contributed by atoms with Gasteiger partial charge in [0, 0.05) is 19.3 Å². The zero-order chi connectivity index (χ0) is 55.5. The summed E-state index contributed by atoms with van der Waals surface area (Å²) in [5, 5.41) is 9.83. The predicted octanol–water partition coefficient (Wildman–Crippen LogP) is 17.8. The van der Waals surface area contributed by atoms with E-state index in [4.69, 9.17) is 23.3 Å². The highest BCUT2D eigenvalue weighted by Crippen LogP contribution is 2.43. The number of aliphatic hydroxyl groups is 1. The summed E-state index contributed by atoms with van der Waals surface area (Å²) in [5.74, 6) is -1.52. The van der Waals surface area contributed by atoms with Crippen LogP contribution in [-0.2, 0) is 42.2 Å². The predicted molar refractivity (Wildman–Crippen MR) is 316 cm³/mol. The SMILES string of the molecule is CC/C=C\C/C=C\C/C=C\C/C=C\CCCCCCC(=O)OC(COC(=O)CCCCCCCCC/C=C\C/C=C\C/C=C\CC)COP(=O)(O)OCC(CO)OC(=O)CCCCCCC/C=C\C/C=C\CCCCC. The van der Waals surface area contributed by atoms with Gasteiger partial charge in [-0.05, 0) is 122 Å². The van der Waals surface area contributed by atoms with E-state index in [0.717, 1.165) is 148 Å². The average molecular weight is 1080 g/mol. The van der Waals surface area contributed by atoms with Crippen LogP contribution in [0.25, 0.3) is 0 Å². The lowest BCUT2D eigenvalue weighted by molar-refractivity contribution is -0.161. The largest absolute Gasteiger partial charge is 0.472 e. The molecule has 0 saturated heterocycles. The maximum absolute atomic E-state index is 12.9. The van der Waals surface area contributed by atoms with Crippen LogP contribution in [0.1, 0.15) is 239 Å². The summed E-state index contributed by atoms with van der Waals surface area (Å²) in [7, 11) is -4.77. The standard InChI is InChI=1S/C64H107O11P/c1-4-7-10-13-16-19-22-25-28-30-33-35-38-41-44-47-50-53-62(66)71-57-61(75-64(68)55-52-49-46-43-40-37-34-31-29-26-23-20-17-14-11-8-5-2)59-73-76(69,70)72-58-60(56-65)74-63(67)54-51-48-45-42-39-36-32-27-24-21-18-15-12-9-6-3/h7-8,10-11,16-21,25-29,32,34,37,60-61,65H,4-6,9,12-15,22-24,30-31,33,35-36,38-59H2,1-3H3,(H,69,70)/b10-7-,11-8-,19-16-,20-17-,21-18-,28-25-,29-26-,32-27-,37-34-. The minimum absolute atomic E-state index is 0.131.